The summed E-state index contributed by atoms with van der Waals surface area (Å²) in [5.41, 5.74) is 1.44. The Bertz CT molecular complexity index is 1140. The zero-order chi connectivity index (χ0) is 19.4. The summed E-state index contributed by atoms with van der Waals surface area (Å²) in [5, 5.41) is 0.645. The van der Waals surface area contributed by atoms with E-state index >= 15 is 0 Å². The molecule has 28 heavy (non-hydrogen) atoms. The Balaban J connectivity index is 1.65. The molecule has 1 N–H and O–H groups in total. The van der Waals surface area contributed by atoms with E-state index in [0.29, 0.717) is 15.7 Å². The van der Waals surface area contributed by atoms with Gasteiger partial charge in [-0.15, -0.1) is 0 Å². The van der Waals surface area contributed by atoms with Crippen molar-refractivity contribution in [1.82, 2.24) is 4.98 Å². The molecule has 3 aromatic rings. The topological polar surface area (TPSA) is 70.2 Å². The molecule has 3 atom stereocenters. The second-order valence-electron chi connectivity index (χ2n) is 6.65. The summed E-state index contributed by atoms with van der Waals surface area (Å²) >= 11 is 8.34. The lowest BCUT2D eigenvalue weighted by atomic mass is 9.83. The van der Waals surface area contributed by atoms with Crippen LogP contribution < -0.4 is 9.77 Å². The van der Waals surface area contributed by atoms with Crippen molar-refractivity contribution in [2.45, 2.75) is 16.2 Å². The lowest BCUT2D eigenvalue weighted by Crippen LogP contribution is -2.32. The summed E-state index contributed by atoms with van der Waals surface area (Å²) in [5.74, 6) is -1.40. The van der Waals surface area contributed by atoms with E-state index in [1.54, 1.807) is 24.3 Å². The number of anilines is 1. The van der Waals surface area contributed by atoms with Crippen LogP contribution in [0.25, 0.3) is 0 Å². The van der Waals surface area contributed by atoms with Crippen LogP contribution in [0.3, 0.4) is 0 Å². The second-order valence-corrected chi connectivity index (χ2v) is 9.25. The van der Waals surface area contributed by atoms with Gasteiger partial charge in [0.1, 0.15) is 5.25 Å². The van der Waals surface area contributed by atoms with E-state index < -0.39 is 11.2 Å². The van der Waals surface area contributed by atoms with Crippen LogP contribution in [0.5, 0.6) is 0 Å². The first-order valence-electron chi connectivity index (χ1n) is 8.62. The van der Waals surface area contributed by atoms with Gasteiger partial charge in [0.15, 0.2) is 0 Å². The fraction of sp³-hybridized carbons (Fsp3) is 0.150. The summed E-state index contributed by atoms with van der Waals surface area (Å²) in [6.07, 6.45) is 0. The molecule has 1 fully saturated rings. The molecular formula is C20H13ClN2O3S2. The van der Waals surface area contributed by atoms with E-state index in [-0.39, 0.29) is 22.6 Å². The number of halogens is 1. The fourth-order valence-electron chi connectivity index (χ4n) is 3.88. The van der Waals surface area contributed by atoms with E-state index in [9.17, 15) is 14.4 Å². The molecule has 1 saturated heterocycles. The minimum absolute atomic E-state index is 0.173. The molecule has 3 heterocycles. The van der Waals surface area contributed by atoms with Crippen LogP contribution in [-0.2, 0) is 9.59 Å². The predicted octanol–water partition coefficient (Wildman–Crippen LogP) is 3.89. The van der Waals surface area contributed by atoms with Crippen molar-refractivity contribution >= 4 is 52.2 Å². The van der Waals surface area contributed by atoms with Crippen molar-refractivity contribution in [3.8, 4) is 0 Å². The van der Waals surface area contributed by atoms with E-state index in [2.05, 4.69) is 4.98 Å². The van der Waals surface area contributed by atoms with Crippen molar-refractivity contribution in [3.05, 3.63) is 79.7 Å². The zero-order valence-corrected chi connectivity index (χ0v) is 16.7. The van der Waals surface area contributed by atoms with Gasteiger partial charge in [0, 0.05) is 15.8 Å². The van der Waals surface area contributed by atoms with Crippen LogP contribution in [0.1, 0.15) is 16.4 Å². The molecule has 2 aromatic carbocycles. The third-order valence-corrected chi connectivity index (χ3v) is 7.72. The molecule has 2 amide bonds. The SMILES string of the molecule is O=C1[C@@H]2[C@H](c3ccccc3)c3sc(=O)[nH]c3S[C@@H]2C(=O)N1c1ccc(Cl)cc1. The molecule has 0 aliphatic carbocycles. The number of rotatable bonds is 2. The van der Waals surface area contributed by atoms with Crippen LogP contribution in [0, 0.1) is 5.92 Å². The minimum Gasteiger partial charge on any atom is -0.307 e. The van der Waals surface area contributed by atoms with Crippen molar-refractivity contribution in [2.75, 3.05) is 4.90 Å². The number of carbonyl (C=O) groups excluding carboxylic acids is 2. The Kier molecular flexibility index (Phi) is 4.19. The molecule has 2 aliphatic heterocycles. The normalized spacial score (nSPS) is 23.6. The van der Waals surface area contributed by atoms with Crippen LogP contribution in [0.15, 0.2) is 64.4 Å². The standard InChI is InChI=1S/C20H13ClN2O3S2/c21-11-6-8-12(9-7-11)23-18(24)14-13(10-4-2-1-3-5-10)15-17(22-20(26)28-15)27-16(14)19(23)25/h1-9,13-14,16H,(H,22,26)/t13-,14+,16-/m0/s1. The molecule has 0 spiro atoms. The number of aromatic nitrogens is 1. The van der Waals surface area contributed by atoms with Crippen molar-refractivity contribution in [2.24, 2.45) is 5.92 Å². The number of hydrogen-bond acceptors (Lipinski definition) is 5. The number of aromatic amines is 1. The number of nitrogens with one attached hydrogen (secondary N) is 1. The van der Waals surface area contributed by atoms with Crippen molar-refractivity contribution < 1.29 is 9.59 Å². The molecule has 5 rings (SSSR count). The highest BCUT2D eigenvalue weighted by Gasteiger charge is 2.56. The van der Waals surface area contributed by atoms with E-state index in [1.807, 2.05) is 30.3 Å². The van der Waals surface area contributed by atoms with Gasteiger partial charge in [-0.25, -0.2) is 4.90 Å². The average Bonchev–Trinajstić information content (AvgIpc) is 3.18. The summed E-state index contributed by atoms with van der Waals surface area (Å²) in [7, 11) is 0. The largest absolute Gasteiger partial charge is 0.307 e. The number of thiazole rings is 1. The van der Waals surface area contributed by atoms with Crippen molar-refractivity contribution in [1.29, 1.82) is 0 Å². The van der Waals surface area contributed by atoms with Crippen LogP contribution in [0.4, 0.5) is 5.69 Å². The minimum atomic E-state index is -0.578. The number of hydrogen-bond donors (Lipinski definition) is 1. The maximum absolute atomic E-state index is 13.4. The van der Waals surface area contributed by atoms with Gasteiger partial charge >= 0.3 is 4.87 Å². The highest BCUT2D eigenvalue weighted by Crippen LogP contribution is 2.53. The van der Waals surface area contributed by atoms with Gasteiger partial charge in [-0.1, -0.05) is 65.0 Å². The maximum Gasteiger partial charge on any atom is 0.305 e. The Hall–Kier alpha value is -2.35. The Morgan fingerprint density at radius 3 is 2.36 bits per heavy atom. The first-order valence-corrected chi connectivity index (χ1v) is 10.7. The summed E-state index contributed by atoms with van der Waals surface area (Å²) in [4.78, 5) is 43.3. The molecule has 5 nitrogen and oxygen atoms in total. The number of nitrogens with zero attached hydrogens (tertiary/aromatic N) is 1. The van der Waals surface area contributed by atoms with Gasteiger partial charge in [-0.05, 0) is 29.8 Å². The van der Waals surface area contributed by atoms with Gasteiger partial charge < -0.3 is 4.98 Å². The first-order chi connectivity index (χ1) is 13.5. The molecule has 0 unspecified atom stereocenters. The number of H-pyrrole nitrogens is 1. The average molecular weight is 429 g/mol. The van der Waals surface area contributed by atoms with Gasteiger partial charge in [-0.3, -0.25) is 14.4 Å². The third-order valence-electron chi connectivity index (χ3n) is 5.07. The lowest BCUT2D eigenvalue weighted by molar-refractivity contribution is -0.122. The molecule has 0 bridgehead atoms. The van der Waals surface area contributed by atoms with E-state index in [0.717, 1.165) is 21.8 Å². The Morgan fingerprint density at radius 2 is 1.64 bits per heavy atom. The summed E-state index contributed by atoms with van der Waals surface area (Å²) < 4.78 is 0. The van der Waals surface area contributed by atoms with Gasteiger partial charge in [0.25, 0.3) is 0 Å². The van der Waals surface area contributed by atoms with E-state index in [4.69, 9.17) is 11.6 Å². The fourth-order valence-corrected chi connectivity index (χ4v) is 6.52. The summed E-state index contributed by atoms with van der Waals surface area (Å²) in [6.45, 7) is 0. The number of imide groups is 1. The van der Waals surface area contributed by atoms with Crippen LogP contribution in [0.2, 0.25) is 5.02 Å². The maximum atomic E-state index is 13.4. The van der Waals surface area contributed by atoms with Gasteiger partial charge in [0.2, 0.25) is 11.8 Å². The Morgan fingerprint density at radius 1 is 0.929 bits per heavy atom. The van der Waals surface area contributed by atoms with Gasteiger partial charge in [0.05, 0.1) is 16.6 Å². The number of carbonyl (C=O) groups is 2. The second kappa shape index (κ2) is 6.62. The van der Waals surface area contributed by atoms with Crippen molar-refractivity contribution in [3.63, 3.8) is 0 Å². The highest BCUT2D eigenvalue weighted by molar-refractivity contribution is 8.00. The first kappa shape index (κ1) is 17.7. The third kappa shape index (κ3) is 2.65. The van der Waals surface area contributed by atoms with Crippen LogP contribution >= 0.6 is 34.7 Å². The highest BCUT2D eigenvalue weighted by atomic mass is 35.5. The monoisotopic (exact) mass is 428 g/mol. The molecule has 0 radical (unpaired) electrons. The molecule has 0 saturated carbocycles. The smallest absolute Gasteiger partial charge is 0.305 e. The van der Waals surface area contributed by atoms with Gasteiger partial charge in [-0.2, -0.15) is 0 Å². The summed E-state index contributed by atoms with van der Waals surface area (Å²) in [6, 6.07) is 16.3. The Labute approximate surface area is 173 Å². The predicted molar refractivity (Wildman–Crippen MR) is 110 cm³/mol. The van der Waals surface area contributed by atoms with Crippen LogP contribution in [-0.4, -0.2) is 22.0 Å². The number of benzene rings is 2. The zero-order valence-electron chi connectivity index (χ0n) is 14.3. The molecule has 2 aliphatic rings. The molecule has 8 heteroatoms. The number of thioether (sulfide) groups is 1. The number of fused-ring (bicyclic) bond motifs is 2. The molecular weight excluding hydrogens is 416 g/mol. The number of amides is 2. The molecule has 1 aromatic heterocycles. The quantitative estimate of drug-likeness (QED) is 0.629. The van der Waals surface area contributed by atoms with E-state index in [1.165, 1.54) is 16.7 Å². The molecule has 140 valence electrons. The lowest BCUT2D eigenvalue weighted by Gasteiger charge is -2.29.